The molecule has 0 aliphatic carbocycles. The molecule has 0 saturated carbocycles. The number of aromatic nitrogens is 1. The maximum Gasteiger partial charge on any atom is 0.466 e. The minimum atomic E-state index is -4.64. The number of phosphoric acid groups is 1. The molecule has 0 atom stereocenters. The quantitative estimate of drug-likeness (QED) is 0.415. The van der Waals surface area contributed by atoms with Gasteiger partial charge in [0, 0.05) is 41.4 Å². The van der Waals surface area contributed by atoms with Crippen molar-refractivity contribution in [2.45, 2.75) is 13.3 Å². The fourth-order valence-corrected chi connectivity index (χ4v) is 2.79. The van der Waals surface area contributed by atoms with Crippen LogP contribution in [0.1, 0.15) is 18.9 Å². The molecule has 2 heterocycles. The normalized spacial score (nSPS) is 15.3. The number of nitrogens with zero attached hydrogens (tertiary/aromatic N) is 1. The molecular weight excluding hydrogens is 345 g/mol. The summed E-state index contributed by atoms with van der Waals surface area (Å²) in [5.41, 5.74) is 4.58. The first-order chi connectivity index (χ1) is 11.8. The Morgan fingerprint density at radius 3 is 2.64 bits per heavy atom. The largest absolute Gasteiger partial charge is 0.466 e. The third-order valence-electron chi connectivity index (χ3n) is 3.99. The van der Waals surface area contributed by atoms with E-state index >= 15 is 0 Å². The van der Waals surface area contributed by atoms with Crippen molar-refractivity contribution in [3.63, 3.8) is 0 Å². The number of likely N-dealkylation sites (N-methyl/N-ethyl adjacent to an activating group) is 1. The highest BCUT2D eigenvalue weighted by atomic mass is 31.2. The summed E-state index contributed by atoms with van der Waals surface area (Å²) in [7, 11) is -4.64. The van der Waals surface area contributed by atoms with Gasteiger partial charge in [0.2, 0.25) is 6.41 Å². The fourth-order valence-electron chi connectivity index (χ4n) is 2.79. The Bertz CT molecular complexity index is 803. The average molecular weight is 367 g/mol. The van der Waals surface area contributed by atoms with Gasteiger partial charge in [-0.15, -0.1) is 0 Å². The number of nitrogens with one attached hydrogen (secondary N) is 2. The lowest BCUT2D eigenvalue weighted by Gasteiger charge is -2.24. The van der Waals surface area contributed by atoms with Crippen LogP contribution in [0.2, 0.25) is 0 Å². The van der Waals surface area contributed by atoms with Crippen LogP contribution in [0.25, 0.3) is 16.5 Å². The standard InChI is InChI=1S/C16H19N3O.H3O4P/c1-2-19-7-5-12(6-8-19)15-10-17-16-9-13(18-11-20)3-4-14(15)16;1-5(2,3)4/h3-5,9-11,17H,2,6-8H2,1H3,(H,18,20);(H3,1,2,3,4). The molecule has 0 radical (unpaired) electrons. The Labute approximate surface area is 145 Å². The van der Waals surface area contributed by atoms with E-state index < -0.39 is 7.82 Å². The second kappa shape index (κ2) is 8.42. The van der Waals surface area contributed by atoms with Crippen LogP contribution < -0.4 is 5.32 Å². The number of rotatable bonds is 4. The van der Waals surface area contributed by atoms with Crippen molar-refractivity contribution >= 4 is 36.4 Å². The maximum atomic E-state index is 10.5. The van der Waals surface area contributed by atoms with Gasteiger partial charge in [-0.25, -0.2) is 4.57 Å². The van der Waals surface area contributed by atoms with E-state index in [1.807, 2.05) is 12.1 Å². The lowest BCUT2D eigenvalue weighted by atomic mass is 9.99. The molecule has 0 fully saturated rings. The van der Waals surface area contributed by atoms with Gasteiger partial charge in [-0.1, -0.05) is 19.1 Å². The van der Waals surface area contributed by atoms with Crippen molar-refractivity contribution in [1.29, 1.82) is 0 Å². The highest BCUT2D eigenvalue weighted by Gasteiger charge is 2.14. The zero-order valence-electron chi connectivity index (χ0n) is 13.8. The molecule has 1 aromatic heterocycles. The van der Waals surface area contributed by atoms with Crippen LogP contribution in [0.3, 0.4) is 0 Å². The third kappa shape index (κ3) is 5.81. The van der Waals surface area contributed by atoms with E-state index in [0.717, 1.165) is 37.3 Å². The molecule has 1 aliphatic rings. The van der Waals surface area contributed by atoms with E-state index in [9.17, 15) is 4.79 Å². The Kier molecular flexibility index (Phi) is 6.52. The molecule has 8 nitrogen and oxygen atoms in total. The number of carbonyl (C=O) groups excluding carboxylic acids is 1. The van der Waals surface area contributed by atoms with Crippen molar-refractivity contribution in [3.05, 3.63) is 36.0 Å². The molecule has 0 unspecified atom stereocenters. The monoisotopic (exact) mass is 367 g/mol. The summed E-state index contributed by atoms with van der Waals surface area (Å²) in [5, 5.41) is 3.90. The lowest BCUT2D eigenvalue weighted by molar-refractivity contribution is -0.105. The van der Waals surface area contributed by atoms with Gasteiger partial charge in [-0.05, 0) is 30.7 Å². The number of hydrogen-bond donors (Lipinski definition) is 5. The predicted octanol–water partition coefficient (Wildman–Crippen LogP) is 1.92. The van der Waals surface area contributed by atoms with Crippen LogP contribution >= 0.6 is 7.82 Å². The first kappa shape index (κ1) is 19.4. The number of hydrogen-bond acceptors (Lipinski definition) is 3. The predicted molar refractivity (Wildman–Crippen MR) is 97.0 cm³/mol. The van der Waals surface area contributed by atoms with E-state index in [0.29, 0.717) is 6.41 Å². The van der Waals surface area contributed by atoms with Crippen molar-refractivity contribution in [2.24, 2.45) is 0 Å². The van der Waals surface area contributed by atoms with Crippen LogP contribution in [0.5, 0.6) is 0 Å². The zero-order chi connectivity index (χ0) is 18.4. The molecule has 1 aromatic carbocycles. The first-order valence-corrected chi connectivity index (χ1v) is 9.39. The molecule has 25 heavy (non-hydrogen) atoms. The molecule has 3 rings (SSSR count). The SMILES string of the molecule is CCN1CC=C(c2c[nH]c3cc(NC=O)ccc23)CC1.O=P(O)(O)O. The minimum absolute atomic E-state index is 0.702. The summed E-state index contributed by atoms with van der Waals surface area (Å²) in [6, 6.07) is 5.98. The Morgan fingerprint density at radius 1 is 1.36 bits per heavy atom. The second-order valence-electron chi connectivity index (χ2n) is 5.61. The van der Waals surface area contributed by atoms with Crippen LogP contribution in [0.15, 0.2) is 30.5 Å². The van der Waals surface area contributed by atoms with Crippen molar-refractivity contribution in [3.8, 4) is 0 Å². The third-order valence-corrected chi connectivity index (χ3v) is 3.99. The number of fused-ring (bicyclic) bond motifs is 1. The molecule has 2 aromatic rings. The molecule has 0 spiro atoms. The molecule has 9 heteroatoms. The van der Waals surface area contributed by atoms with Gasteiger partial charge in [0.25, 0.3) is 0 Å². The van der Waals surface area contributed by atoms with E-state index in [1.54, 1.807) is 0 Å². The summed E-state index contributed by atoms with van der Waals surface area (Å²) in [5.74, 6) is 0. The molecule has 1 aliphatic heterocycles. The van der Waals surface area contributed by atoms with Gasteiger partial charge >= 0.3 is 7.82 Å². The average Bonchev–Trinajstić information content (AvgIpc) is 2.97. The number of aromatic amines is 1. The van der Waals surface area contributed by atoms with Crippen LogP contribution in [-0.4, -0.2) is 50.6 Å². The molecule has 136 valence electrons. The fraction of sp³-hybridized carbons (Fsp3) is 0.312. The van der Waals surface area contributed by atoms with E-state index in [4.69, 9.17) is 19.2 Å². The number of amides is 1. The summed E-state index contributed by atoms with van der Waals surface area (Å²) < 4.78 is 8.88. The van der Waals surface area contributed by atoms with E-state index in [-0.39, 0.29) is 0 Å². The number of benzene rings is 1. The van der Waals surface area contributed by atoms with Gasteiger partial charge in [0.15, 0.2) is 0 Å². The van der Waals surface area contributed by atoms with Gasteiger partial charge < -0.3 is 25.0 Å². The summed E-state index contributed by atoms with van der Waals surface area (Å²) >= 11 is 0. The molecular formula is C16H22N3O5P. The number of H-pyrrole nitrogens is 1. The van der Waals surface area contributed by atoms with E-state index in [1.165, 1.54) is 16.5 Å². The number of carbonyl (C=O) groups is 1. The van der Waals surface area contributed by atoms with Gasteiger partial charge in [0.1, 0.15) is 0 Å². The zero-order valence-corrected chi connectivity index (χ0v) is 14.7. The topological polar surface area (TPSA) is 126 Å². The Morgan fingerprint density at radius 2 is 2.08 bits per heavy atom. The summed E-state index contributed by atoms with van der Waals surface area (Å²) in [6.45, 7) is 5.47. The van der Waals surface area contributed by atoms with Crippen molar-refractivity contribution < 1.29 is 24.0 Å². The Hall–Kier alpha value is -1.96. The molecule has 0 bridgehead atoms. The lowest BCUT2D eigenvalue weighted by Crippen LogP contribution is -2.27. The number of anilines is 1. The molecule has 1 amide bonds. The second-order valence-corrected chi connectivity index (χ2v) is 6.64. The van der Waals surface area contributed by atoms with Crippen molar-refractivity contribution in [2.75, 3.05) is 25.0 Å². The van der Waals surface area contributed by atoms with E-state index in [2.05, 4.69) is 40.5 Å². The van der Waals surface area contributed by atoms with Gasteiger partial charge in [-0.2, -0.15) is 0 Å². The Balaban J connectivity index is 0.000000399. The maximum absolute atomic E-state index is 10.5. The summed E-state index contributed by atoms with van der Waals surface area (Å²) in [6.07, 6.45) is 6.19. The minimum Gasteiger partial charge on any atom is -0.360 e. The van der Waals surface area contributed by atoms with Crippen molar-refractivity contribution in [1.82, 2.24) is 9.88 Å². The van der Waals surface area contributed by atoms with Crippen LogP contribution in [-0.2, 0) is 9.36 Å². The van der Waals surface area contributed by atoms with Gasteiger partial charge in [-0.3, -0.25) is 9.69 Å². The highest BCUT2D eigenvalue weighted by molar-refractivity contribution is 7.45. The smallest absolute Gasteiger partial charge is 0.360 e. The van der Waals surface area contributed by atoms with Crippen LogP contribution in [0.4, 0.5) is 5.69 Å². The molecule has 0 saturated heterocycles. The first-order valence-electron chi connectivity index (χ1n) is 7.83. The summed E-state index contributed by atoms with van der Waals surface area (Å²) in [4.78, 5) is 37.8. The van der Waals surface area contributed by atoms with Gasteiger partial charge in [0.05, 0.1) is 0 Å². The van der Waals surface area contributed by atoms with Crippen LogP contribution in [0, 0.1) is 0 Å². The highest BCUT2D eigenvalue weighted by Crippen LogP contribution is 2.30. The molecule has 5 N–H and O–H groups in total.